The Morgan fingerprint density at radius 2 is 1.44 bits per heavy atom. The van der Waals surface area contributed by atoms with Gasteiger partial charge in [0.25, 0.3) is 0 Å². The second-order valence-corrected chi connectivity index (χ2v) is 9.85. The highest BCUT2D eigenvalue weighted by Gasteiger charge is 2.29. The van der Waals surface area contributed by atoms with Gasteiger partial charge in [0.2, 0.25) is 0 Å². The smallest absolute Gasteiger partial charge is 0.137 e. The summed E-state index contributed by atoms with van der Waals surface area (Å²) in [5.41, 5.74) is 7.64. The van der Waals surface area contributed by atoms with E-state index in [1.54, 1.807) is 0 Å². The number of nitrogens with one attached hydrogen (secondary N) is 1. The molecular formula is C28H32N2O4. The van der Waals surface area contributed by atoms with E-state index in [-0.39, 0.29) is 12.1 Å². The maximum atomic E-state index is 6.10. The first-order chi connectivity index (χ1) is 16.6. The molecule has 0 aliphatic heterocycles. The van der Waals surface area contributed by atoms with E-state index in [0.29, 0.717) is 12.1 Å². The molecule has 0 unspecified atom stereocenters. The SMILES string of the molecule is CNC1CC(Oc2ccc3oc(CCCc4cc5ccc(OC6CC(N)C6)cc5o4)cc3c2)C1. The lowest BCUT2D eigenvalue weighted by Gasteiger charge is -2.35. The zero-order valence-corrected chi connectivity index (χ0v) is 19.6. The fraction of sp³-hybridized carbons (Fsp3) is 0.429. The third-order valence-corrected chi connectivity index (χ3v) is 7.17. The van der Waals surface area contributed by atoms with E-state index in [2.05, 4.69) is 29.6 Å². The molecule has 178 valence electrons. The van der Waals surface area contributed by atoms with E-state index >= 15 is 0 Å². The van der Waals surface area contributed by atoms with Gasteiger partial charge < -0.3 is 29.4 Å². The van der Waals surface area contributed by atoms with Gasteiger partial charge in [0.15, 0.2) is 0 Å². The molecule has 34 heavy (non-hydrogen) atoms. The van der Waals surface area contributed by atoms with E-state index in [0.717, 1.165) is 89.9 Å². The third-order valence-electron chi connectivity index (χ3n) is 7.17. The zero-order valence-electron chi connectivity index (χ0n) is 19.6. The lowest BCUT2D eigenvalue weighted by Crippen LogP contribution is -2.45. The molecule has 2 aromatic carbocycles. The lowest BCUT2D eigenvalue weighted by molar-refractivity contribution is 0.0886. The van der Waals surface area contributed by atoms with Crippen molar-refractivity contribution in [3.05, 3.63) is 60.1 Å². The van der Waals surface area contributed by atoms with Crippen molar-refractivity contribution in [2.75, 3.05) is 7.05 Å². The van der Waals surface area contributed by atoms with Gasteiger partial charge in [0, 0.05) is 41.8 Å². The van der Waals surface area contributed by atoms with Crippen LogP contribution in [0.5, 0.6) is 11.5 Å². The molecule has 6 nitrogen and oxygen atoms in total. The summed E-state index contributed by atoms with van der Waals surface area (Å²) in [4.78, 5) is 0. The summed E-state index contributed by atoms with van der Waals surface area (Å²) in [7, 11) is 2.01. The van der Waals surface area contributed by atoms with Crippen LogP contribution in [0.25, 0.3) is 21.9 Å². The maximum Gasteiger partial charge on any atom is 0.137 e. The quantitative estimate of drug-likeness (QED) is 0.350. The monoisotopic (exact) mass is 460 g/mol. The number of aryl methyl sites for hydroxylation is 2. The molecule has 2 saturated carbocycles. The minimum Gasteiger partial charge on any atom is -0.490 e. The summed E-state index contributed by atoms with van der Waals surface area (Å²) in [5.74, 6) is 3.77. The van der Waals surface area contributed by atoms with E-state index in [1.807, 2.05) is 31.3 Å². The van der Waals surface area contributed by atoms with Gasteiger partial charge in [-0.1, -0.05) is 0 Å². The Hall–Kier alpha value is -2.96. The molecule has 0 radical (unpaired) electrons. The number of ether oxygens (including phenoxy) is 2. The average molecular weight is 461 g/mol. The van der Waals surface area contributed by atoms with Gasteiger partial charge in [-0.3, -0.25) is 0 Å². The predicted octanol–water partition coefficient (Wildman–Crippen LogP) is 5.35. The molecule has 6 heteroatoms. The first-order valence-corrected chi connectivity index (χ1v) is 12.4. The van der Waals surface area contributed by atoms with Crippen molar-refractivity contribution in [3.8, 4) is 11.5 Å². The summed E-state index contributed by atoms with van der Waals surface area (Å²) in [6.07, 6.45) is 7.21. The Labute approximate surface area is 199 Å². The van der Waals surface area contributed by atoms with Crippen LogP contribution in [0.4, 0.5) is 0 Å². The first-order valence-electron chi connectivity index (χ1n) is 12.4. The number of hydrogen-bond acceptors (Lipinski definition) is 6. The van der Waals surface area contributed by atoms with Crippen LogP contribution in [0, 0.1) is 0 Å². The van der Waals surface area contributed by atoms with Gasteiger partial charge in [0.05, 0.1) is 0 Å². The van der Waals surface area contributed by atoms with E-state index < -0.39 is 0 Å². The van der Waals surface area contributed by atoms with E-state index in [1.165, 1.54) is 0 Å². The number of furan rings is 2. The van der Waals surface area contributed by atoms with Crippen LogP contribution < -0.4 is 20.5 Å². The highest BCUT2D eigenvalue weighted by molar-refractivity contribution is 5.80. The number of rotatable bonds is 9. The normalized spacial score (nSPS) is 24.2. The van der Waals surface area contributed by atoms with Gasteiger partial charge in [0.1, 0.15) is 46.4 Å². The van der Waals surface area contributed by atoms with Crippen molar-refractivity contribution in [1.29, 1.82) is 0 Å². The summed E-state index contributed by atoms with van der Waals surface area (Å²) < 4.78 is 24.2. The number of hydrogen-bond donors (Lipinski definition) is 2. The molecule has 2 aliphatic carbocycles. The van der Waals surface area contributed by atoms with Gasteiger partial charge in [-0.05, 0) is 81.6 Å². The lowest BCUT2D eigenvalue weighted by atomic mass is 9.89. The van der Waals surface area contributed by atoms with Crippen molar-refractivity contribution >= 4 is 21.9 Å². The van der Waals surface area contributed by atoms with Crippen molar-refractivity contribution in [2.45, 2.75) is 69.2 Å². The fourth-order valence-corrected chi connectivity index (χ4v) is 4.96. The molecule has 0 bridgehead atoms. The van der Waals surface area contributed by atoms with Crippen molar-refractivity contribution in [3.63, 3.8) is 0 Å². The summed E-state index contributed by atoms with van der Waals surface area (Å²) in [6, 6.07) is 17.3. The largest absolute Gasteiger partial charge is 0.490 e. The van der Waals surface area contributed by atoms with Crippen LogP contribution >= 0.6 is 0 Å². The van der Waals surface area contributed by atoms with Gasteiger partial charge in [-0.2, -0.15) is 0 Å². The molecular weight excluding hydrogens is 428 g/mol. The van der Waals surface area contributed by atoms with Crippen molar-refractivity contribution in [2.24, 2.45) is 5.73 Å². The van der Waals surface area contributed by atoms with Crippen LogP contribution in [0.3, 0.4) is 0 Å². The van der Waals surface area contributed by atoms with Crippen molar-refractivity contribution in [1.82, 2.24) is 5.32 Å². The standard InChI is InChI=1S/C28H32N2O4/c1-30-20-14-26(15-20)31-23-7-8-27-18(11-23)10-22(33-27)4-2-3-21-9-17-5-6-24(16-28(17)34-21)32-25-12-19(29)13-25/h5-11,16,19-20,25-26,30H,2-4,12-15,29H2,1H3. The predicted molar refractivity (Wildman–Crippen MR) is 133 cm³/mol. The molecule has 2 fully saturated rings. The zero-order chi connectivity index (χ0) is 23.1. The molecule has 2 aromatic heterocycles. The summed E-state index contributed by atoms with van der Waals surface area (Å²) in [5, 5.41) is 5.50. The second kappa shape index (κ2) is 9.01. The molecule has 2 aliphatic rings. The molecule has 0 amide bonds. The van der Waals surface area contributed by atoms with Crippen LogP contribution in [-0.2, 0) is 12.8 Å². The van der Waals surface area contributed by atoms with E-state index in [9.17, 15) is 0 Å². The number of benzene rings is 2. The molecule has 6 rings (SSSR count). The maximum absolute atomic E-state index is 6.10. The number of nitrogens with two attached hydrogens (primary N) is 1. The Morgan fingerprint density at radius 3 is 2.18 bits per heavy atom. The fourth-order valence-electron chi connectivity index (χ4n) is 4.96. The van der Waals surface area contributed by atoms with Gasteiger partial charge in [-0.25, -0.2) is 0 Å². The summed E-state index contributed by atoms with van der Waals surface area (Å²) in [6.45, 7) is 0. The van der Waals surface area contributed by atoms with E-state index in [4.69, 9.17) is 24.0 Å². The Kier molecular flexibility index (Phi) is 5.71. The molecule has 2 heterocycles. The van der Waals surface area contributed by atoms with Crippen LogP contribution in [0.2, 0.25) is 0 Å². The Balaban J connectivity index is 1.04. The molecule has 0 saturated heterocycles. The number of fused-ring (bicyclic) bond motifs is 2. The topological polar surface area (TPSA) is 82.8 Å². The Bertz CT molecular complexity index is 1280. The minimum atomic E-state index is 0.234. The molecule has 0 spiro atoms. The van der Waals surface area contributed by atoms with Crippen LogP contribution in [0.1, 0.15) is 43.6 Å². The Morgan fingerprint density at radius 1 is 0.794 bits per heavy atom. The highest BCUT2D eigenvalue weighted by atomic mass is 16.5. The van der Waals surface area contributed by atoms with Crippen molar-refractivity contribution < 1.29 is 18.3 Å². The van der Waals surface area contributed by atoms with Gasteiger partial charge >= 0.3 is 0 Å². The molecule has 0 atom stereocenters. The van der Waals surface area contributed by atoms with Crippen LogP contribution in [-0.4, -0.2) is 31.3 Å². The molecule has 3 N–H and O–H groups in total. The second-order valence-electron chi connectivity index (χ2n) is 9.85. The average Bonchev–Trinajstić information content (AvgIpc) is 3.37. The molecule has 4 aromatic rings. The summed E-state index contributed by atoms with van der Waals surface area (Å²) >= 11 is 0. The van der Waals surface area contributed by atoms with Gasteiger partial charge in [-0.15, -0.1) is 0 Å². The highest BCUT2D eigenvalue weighted by Crippen LogP contribution is 2.31. The first kappa shape index (κ1) is 21.6. The third kappa shape index (κ3) is 4.52. The van der Waals surface area contributed by atoms with Crippen LogP contribution in [0.15, 0.2) is 57.4 Å². The minimum absolute atomic E-state index is 0.234.